The van der Waals surface area contributed by atoms with Crippen LogP contribution in [-0.4, -0.2) is 43.5 Å². The number of piperazine rings is 1. The molecule has 1 heterocycles. The lowest BCUT2D eigenvalue weighted by Gasteiger charge is -2.29. The molecule has 1 aliphatic heterocycles. The van der Waals surface area contributed by atoms with E-state index in [2.05, 4.69) is 34.6 Å². The zero-order chi connectivity index (χ0) is 13.0. The Balaban J connectivity index is 1.84. The van der Waals surface area contributed by atoms with Crippen molar-refractivity contribution in [1.82, 2.24) is 15.5 Å². The number of carbonyl (C=O) groups is 1. The highest BCUT2D eigenvalue weighted by Crippen LogP contribution is 2.04. The first kappa shape index (κ1) is 13.1. The molecule has 2 rings (SSSR count). The Kier molecular flexibility index (Phi) is 4.33. The normalized spacial score (nSPS) is 20.7. The average Bonchev–Trinajstić information content (AvgIpc) is 2.36. The van der Waals surface area contributed by atoms with Crippen molar-refractivity contribution in [2.75, 3.05) is 26.7 Å². The van der Waals surface area contributed by atoms with Crippen LogP contribution in [0.25, 0.3) is 0 Å². The number of hydrogen-bond acceptors (Lipinski definition) is 3. The van der Waals surface area contributed by atoms with Gasteiger partial charge in [-0.3, -0.25) is 4.79 Å². The molecule has 0 spiro atoms. The van der Waals surface area contributed by atoms with Gasteiger partial charge in [-0.1, -0.05) is 29.8 Å². The maximum absolute atomic E-state index is 12.0. The fourth-order valence-corrected chi connectivity index (χ4v) is 2.21. The topological polar surface area (TPSA) is 44.4 Å². The fraction of sp³-hybridized carbons (Fsp3) is 0.500. The lowest BCUT2D eigenvalue weighted by molar-refractivity contribution is -0.124. The molecule has 2 N–H and O–H groups in total. The molecule has 1 atom stereocenters. The van der Waals surface area contributed by atoms with Gasteiger partial charge in [0.15, 0.2) is 0 Å². The predicted octanol–water partition coefficient (Wildman–Crippen LogP) is 0.515. The molecule has 4 nitrogen and oxygen atoms in total. The van der Waals surface area contributed by atoms with Gasteiger partial charge in [-0.05, 0) is 19.5 Å². The van der Waals surface area contributed by atoms with Crippen LogP contribution in [0.4, 0.5) is 0 Å². The molecule has 0 aromatic heterocycles. The Morgan fingerprint density at radius 2 is 2.39 bits per heavy atom. The fourth-order valence-electron chi connectivity index (χ4n) is 2.21. The van der Waals surface area contributed by atoms with Crippen LogP contribution >= 0.6 is 0 Å². The van der Waals surface area contributed by atoms with E-state index >= 15 is 0 Å². The maximum atomic E-state index is 12.0. The zero-order valence-corrected chi connectivity index (χ0v) is 11.1. The number of amides is 1. The minimum Gasteiger partial charge on any atom is -0.351 e. The van der Waals surface area contributed by atoms with Crippen LogP contribution in [-0.2, 0) is 11.3 Å². The summed E-state index contributed by atoms with van der Waals surface area (Å²) in [6.07, 6.45) is 0. The van der Waals surface area contributed by atoms with Crippen molar-refractivity contribution in [3.8, 4) is 0 Å². The van der Waals surface area contributed by atoms with Crippen LogP contribution in [0, 0.1) is 6.92 Å². The number of rotatable bonds is 3. The molecule has 0 saturated carbocycles. The highest BCUT2D eigenvalue weighted by molar-refractivity contribution is 5.82. The van der Waals surface area contributed by atoms with Crippen LogP contribution in [0.15, 0.2) is 24.3 Å². The largest absolute Gasteiger partial charge is 0.351 e. The Bertz CT molecular complexity index is 419. The molecule has 98 valence electrons. The molecular weight excluding hydrogens is 226 g/mol. The molecule has 0 bridgehead atoms. The summed E-state index contributed by atoms with van der Waals surface area (Å²) < 4.78 is 0. The van der Waals surface area contributed by atoms with E-state index in [1.807, 2.05) is 19.2 Å². The van der Waals surface area contributed by atoms with Crippen molar-refractivity contribution in [3.05, 3.63) is 35.4 Å². The molecule has 1 amide bonds. The Morgan fingerprint density at radius 3 is 3.11 bits per heavy atom. The summed E-state index contributed by atoms with van der Waals surface area (Å²) in [6, 6.07) is 8.12. The maximum Gasteiger partial charge on any atom is 0.238 e. The van der Waals surface area contributed by atoms with E-state index in [1.54, 1.807) is 0 Å². The first-order valence-electron chi connectivity index (χ1n) is 6.40. The second-order valence-electron chi connectivity index (χ2n) is 4.98. The number of nitrogens with zero attached hydrogens (tertiary/aromatic N) is 1. The number of likely N-dealkylation sites (N-methyl/N-ethyl adjacent to an activating group) is 1. The van der Waals surface area contributed by atoms with E-state index < -0.39 is 0 Å². The molecule has 1 aromatic rings. The predicted molar refractivity (Wildman–Crippen MR) is 72.3 cm³/mol. The third kappa shape index (κ3) is 3.55. The third-order valence-corrected chi connectivity index (χ3v) is 3.24. The van der Waals surface area contributed by atoms with Gasteiger partial charge in [0, 0.05) is 26.2 Å². The molecule has 18 heavy (non-hydrogen) atoms. The number of carbonyl (C=O) groups excluding carboxylic acids is 1. The monoisotopic (exact) mass is 247 g/mol. The van der Waals surface area contributed by atoms with Crippen molar-refractivity contribution in [2.45, 2.75) is 19.5 Å². The van der Waals surface area contributed by atoms with Crippen LogP contribution in [0.3, 0.4) is 0 Å². The van der Waals surface area contributed by atoms with Gasteiger partial charge in [-0.25, -0.2) is 0 Å². The second-order valence-corrected chi connectivity index (χ2v) is 4.98. The minimum atomic E-state index is -0.0893. The molecule has 1 fully saturated rings. The van der Waals surface area contributed by atoms with Crippen LogP contribution < -0.4 is 10.6 Å². The van der Waals surface area contributed by atoms with Gasteiger partial charge < -0.3 is 15.5 Å². The van der Waals surface area contributed by atoms with E-state index in [-0.39, 0.29) is 11.9 Å². The highest BCUT2D eigenvalue weighted by atomic mass is 16.2. The molecule has 0 radical (unpaired) electrons. The standard InChI is InChI=1S/C14H21N3O/c1-11-4-3-5-12(8-11)9-16-14(18)13-10-17(2)7-6-15-13/h3-5,8,13,15H,6-7,9-10H2,1-2H3,(H,16,18). The summed E-state index contributed by atoms with van der Waals surface area (Å²) in [7, 11) is 2.04. The van der Waals surface area contributed by atoms with Gasteiger partial charge in [0.2, 0.25) is 5.91 Å². The SMILES string of the molecule is Cc1cccc(CNC(=O)C2CN(C)CCN2)c1. The minimum absolute atomic E-state index is 0.0862. The van der Waals surface area contributed by atoms with Crippen LogP contribution in [0.2, 0.25) is 0 Å². The molecule has 4 heteroatoms. The van der Waals surface area contributed by atoms with Crippen LogP contribution in [0.1, 0.15) is 11.1 Å². The molecule has 1 aromatic carbocycles. The highest BCUT2D eigenvalue weighted by Gasteiger charge is 2.22. The van der Waals surface area contributed by atoms with Crippen molar-refractivity contribution < 1.29 is 4.79 Å². The van der Waals surface area contributed by atoms with Gasteiger partial charge in [-0.2, -0.15) is 0 Å². The smallest absolute Gasteiger partial charge is 0.238 e. The molecule has 1 unspecified atom stereocenters. The number of hydrogen-bond donors (Lipinski definition) is 2. The zero-order valence-electron chi connectivity index (χ0n) is 11.1. The lowest BCUT2D eigenvalue weighted by atomic mass is 10.1. The number of nitrogens with one attached hydrogen (secondary N) is 2. The van der Waals surface area contributed by atoms with Gasteiger partial charge in [0.1, 0.15) is 0 Å². The van der Waals surface area contributed by atoms with E-state index in [4.69, 9.17) is 0 Å². The van der Waals surface area contributed by atoms with Gasteiger partial charge in [0.25, 0.3) is 0 Å². The summed E-state index contributed by atoms with van der Waals surface area (Å²) in [6.45, 7) is 5.31. The van der Waals surface area contributed by atoms with Crippen molar-refractivity contribution in [1.29, 1.82) is 0 Å². The van der Waals surface area contributed by atoms with E-state index in [0.717, 1.165) is 25.2 Å². The first-order chi connectivity index (χ1) is 8.65. The summed E-state index contributed by atoms with van der Waals surface area (Å²) in [5.41, 5.74) is 2.37. The quantitative estimate of drug-likeness (QED) is 0.818. The number of benzene rings is 1. The summed E-state index contributed by atoms with van der Waals surface area (Å²) in [5, 5.41) is 6.23. The summed E-state index contributed by atoms with van der Waals surface area (Å²) in [5.74, 6) is 0.0862. The Morgan fingerprint density at radius 1 is 1.56 bits per heavy atom. The van der Waals surface area contributed by atoms with Gasteiger partial charge in [0.05, 0.1) is 6.04 Å². The second kappa shape index (κ2) is 5.98. The number of aryl methyl sites for hydroxylation is 1. The van der Waals surface area contributed by atoms with Crippen molar-refractivity contribution in [2.24, 2.45) is 0 Å². The Hall–Kier alpha value is -1.39. The summed E-state index contributed by atoms with van der Waals surface area (Å²) >= 11 is 0. The molecule has 1 aliphatic rings. The first-order valence-corrected chi connectivity index (χ1v) is 6.40. The lowest BCUT2D eigenvalue weighted by Crippen LogP contribution is -2.55. The van der Waals surface area contributed by atoms with E-state index in [9.17, 15) is 4.79 Å². The Labute approximate surface area is 108 Å². The van der Waals surface area contributed by atoms with Gasteiger partial charge in [-0.15, -0.1) is 0 Å². The van der Waals surface area contributed by atoms with Crippen molar-refractivity contribution >= 4 is 5.91 Å². The molecular formula is C14H21N3O. The molecule has 1 saturated heterocycles. The summed E-state index contributed by atoms with van der Waals surface area (Å²) in [4.78, 5) is 14.2. The third-order valence-electron chi connectivity index (χ3n) is 3.24. The van der Waals surface area contributed by atoms with E-state index in [0.29, 0.717) is 6.54 Å². The van der Waals surface area contributed by atoms with Crippen LogP contribution in [0.5, 0.6) is 0 Å². The van der Waals surface area contributed by atoms with Crippen molar-refractivity contribution in [3.63, 3.8) is 0 Å². The van der Waals surface area contributed by atoms with Gasteiger partial charge >= 0.3 is 0 Å². The average molecular weight is 247 g/mol. The van der Waals surface area contributed by atoms with E-state index in [1.165, 1.54) is 5.56 Å². The molecule has 0 aliphatic carbocycles.